The first-order valence-corrected chi connectivity index (χ1v) is 8.25. The van der Waals surface area contributed by atoms with Crippen LogP contribution in [0.5, 0.6) is 5.75 Å². The van der Waals surface area contributed by atoms with Crippen LogP contribution in [-0.4, -0.2) is 23.5 Å². The summed E-state index contributed by atoms with van der Waals surface area (Å²) in [5, 5.41) is 0. The topological polar surface area (TPSA) is 78.6 Å². The highest BCUT2D eigenvalue weighted by Crippen LogP contribution is 2.40. The SMILES string of the molecule is CC(=O)c1ccc2c(c1)C(N)C(OC(=O)c1ccc(F)cc1)C(C)(C)O2. The predicted octanol–water partition coefficient (Wildman–Crippen LogP) is 3.42. The predicted molar refractivity (Wildman–Crippen MR) is 93.7 cm³/mol. The van der Waals surface area contributed by atoms with Crippen molar-refractivity contribution in [1.82, 2.24) is 0 Å². The Morgan fingerprint density at radius 1 is 1.12 bits per heavy atom. The average Bonchev–Trinajstić information content (AvgIpc) is 2.58. The molecule has 26 heavy (non-hydrogen) atoms. The third kappa shape index (κ3) is 3.32. The van der Waals surface area contributed by atoms with Crippen molar-refractivity contribution in [2.45, 2.75) is 38.5 Å². The molecule has 1 heterocycles. The summed E-state index contributed by atoms with van der Waals surface area (Å²) in [6.07, 6.45) is -0.783. The Morgan fingerprint density at radius 2 is 1.73 bits per heavy atom. The summed E-state index contributed by atoms with van der Waals surface area (Å²) >= 11 is 0. The zero-order chi connectivity index (χ0) is 19.1. The number of ether oxygens (including phenoxy) is 2. The van der Waals surface area contributed by atoms with Gasteiger partial charge in [0.1, 0.15) is 17.2 Å². The summed E-state index contributed by atoms with van der Waals surface area (Å²) in [6, 6.07) is 9.44. The zero-order valence-corrected chi connectivity index (χ0v) is 14.8. The molecule has 1 aliphatic rings. The molecule has 2 N–H and O–H groups in total. The fourth-order valence-corrected chi connectivity index (χ4v) is 3.04. The molecular weight excluding hydrogens is 337 g/mol. The molecule has 6 heteroatoms. The number of Topliss-reactive ketones (excluding diaryl/α,β-unsaturated/α-hetero) is 1. The van der Waals surface area contributed by atoms with Crippen molar-refractivity contribution in [3.63, 3.8) is 0 Å². The first-order valence-electron chi connectivity index (χ1n) is 8.25. The highest BCUT2D eigenvalue weighted by Gasteiger charge is 2.45. The molecular formula is C20H20FNO4. The van der Waals surface area contributed by atoms with E-state index in [1.165, 1.54) is 31.2 Å². The van der Waals surface area contributed by atoms with Crippen molar-refractivity contribution in [3.05, 3.63) is 65.0 Å². The largest absolute Gasteiger partial charge is 0.484 e. The van der Waals surface area contributed by atoms with E-state index in [0.29, 0.717) is 16.9 Å². The van der Waals surface area contributed by atoms with Crippen LogP contribution in [0.1, 0.15) is 53.1 Å². The molecule has 0 radical (unpaired) electrons. The van der Waals surface area contributed by atoms with Gasteiger partial charge in [-0.05, 0) is 63.2 Å². The number of ketones is 1. The van der Waals surface area contributed by atoms with E-state index in [9.17, 15) is 14.0 Å². The molecule has 2 unspecified atom stereocenters. The van der Waals surface area contributed by atoms with E-state index in [1.54, 1.807) is 32.0 Å². The Balaban J connectivity index is 1.91. The van der Waals surface area contributed by atoms with Crippen LogP contribution in [0.15, 0.2) is 42.5 Å². The van der Waals surface area contributed by atoms with E-state index < -0.39 is 29.5 Å². The number of rotatable bonds is 3. The number of hydrogen-bond acceptors (Lipinski definition) is 5. The quantitative estimate of drug-likeness (QED) is 0.673. The minimum atomic E-state index is -0.875. The highest BCUT2D eigenvalue weighted by molar-refractivity contribution is 5.94. The van der Waals surface area contributed by atoms with Gasteiger partial charge in [-0.15, -0.1) is 0 Å². The van der Waals surface area contributed by atoms with Crippen molar-refractivity contribution in [2.75, 3.05) is 0 Å². The van der Waals surface area contributed by atoms with Crippen LogP contribution in [-0.2, 0) is 4.74 Å². The van der Waals surface area contributed by atoms with Gasteiger partial charge < -0.3 is 15.2 Å². The van der Waals surface area contributed by atoms with Crippen LogP contribution < -0.4 is 10.5 Å². The lowest BCUT2D eigenvalue weighted by molar-refractivity contribution is -0.0726. The monoisotopic (exact) mass is 357 g/mol. The second-order valence-corrected chi connectivity index (χ2v) is 6.87. The van der Waals surface area contributed by atoms with Gasteiger partial charge in [-0.2, -0.15) is 0 Å². The fourth-order valence-electron chi connectivity index (χ4n) is 3.04. The molecule has 0 spiro atoms. The van der Waals surface area contributed by atoms with Crippen LogP contribution >= 0.6 is 0 Å². The normalized spacial score (nSPS) is 20.7. The number of halogens is 1. The maximum absolute atomic E-state index is 13.0. The number of fused-ring (bicyclic) bond motifs is 1. The smallest absolute Gasteiger partial charge is 0.338 e. The van der Waals surface area contributed by atoms with Gasteiger partial charge in [0, 0.05) is 11.1 Å². The Morgan fingerprint density at radius 3 is 2.35 bits per heavy atom. The second kappa shape index (κ2) is 6.53. The van der Waals surface area contributed by atoms with E-state index in [1.807, 2.05) is 0 Å². The molecule has 5 nitrogen and oxygen atoms in total. The number of esters is 1. The molecule has 0 saturated carbocycles. The summed E-state index contributed by atoms with van der Waals surface area (Å²) in [5.74, 6) is -0.593. The Bertz CT molecular complexity index is 861. The molecule has 1 aliphatic heterocycles. The second-order valence-electron chi connectivity index (χ2n) is 6.87. The van der Waals surface area contributed by atoms with Gasteiger partial charge in [0.15, 0.2) is 11.9 Å². The van der Waals surface area contributed by atoms with Gasteiger partial charge in [-0.25, -0.2) is 9.18 Å². The third-order valence-corrected chi connectivity index (χ3v) is 4.47. The number of nitrogens with two attached hydrogens (primary N) is 1. The summed E-state index contributed by atoms with van der Waals surface area (Å²) in [7, 11) is 0. The van der Waals surface area contributed by atoms with E-state index >= 15 is 0 Å². The van der Waals surface area contributed by atoms with Crippen LogP contribution in [0.25, 0.3) is 0 Å². The third-order valence-electron chi connectivity index (χ3n) is 4.47. The minimum absolute atomic E-state index is 0.0929. The molecule has 0 fully saturated rings. The van der Waals surface area contributed by atoms with Crippen molar-refractivity contribution in [2.24, 2.45) is 5.73 Å². The molecule has 2 atom stereocenters. The van der Waals surface area contributed by atoms with Crippen LogP contribution in [0.4, 0.5) is 4.39 Å². The van der Waals surface area contributed by atoms with Gasteiger partial charge in [0.2, 0.25) is 0 Å². The summed E-state index contributed by atoms with van der Waals surface area (Å²) in [5.41, 5.74) is 6.81. The lowest BCUT2D eigenvalue weighted by Gasteiger charge is -2.42. The number of carbonyl (C=O) groups excluding carboxylic acids is 2. The maximum Gasteiger partial charge on any atom is 0.338 e. The summed E-state index contributed by atoms with van der Waals surface area (Å²) < 4.78 is 24.6. The molecule has 0 saturated heterocycles. The van der Waals surface area contributed by atoms with E-state index in [4.69, 9.17) is 15.2 Å². The first-order chi connectivity index (χ1) is 12.2. The summed E-state index contributed by atoms with van der Waals surface area (Å²) in [4.78, 5) is 24.1. The number of benzene rings is 2. The molecule has 0 amide bonds. The standard InChI is InChI=1S/C20H20FNO4/c1-11(23)13-6-9-16-15(10-13)17(22)18(20(2,3)26-16)25-19(24)12-4-7-14(21)8-5-12/h4-10,17-18H,22H2,1-3H3. The van der Waals surface area contributed by atoms with Crippen LogP contribution in [0.3, 0.4) is 0 Å². The fraction of sp³-hybridized carbons (Fsp3) is 0.300. The Kier molecular flexibility index (Phi) is 4.54. The number of carbonyl (C=O) groups is 2. The van der Waals surface area contributed by atoms with Crippen LogP contribution in [0, 0.1) is 5.82 Å². The van der Waals surface area contributed by atoms with E-state index in [2.05, 4.69) is 0 Å². The van der Waals surface area contributed by atoms with Crippen molar-refractivity contribution < 1.29 is 23.5 Å². The molecule has 136 valence electrons. The van der Waals surface area contributed by atoms with Gasteiger partial charge >= 0.3 is 5.97 Å². The lowest BCUT2D eigenvalue weighted by atomic mass is 9.86. The van der Waals surface area contributed by atoms with Gasteiger partial charge in [-0.3, -0.25) is 4.79 Å². The molecule has 2 aromatic carbocycles. The van der Waals surface area contributed by atoms with Crippen molar-refractivity contribution in [3.8, 4) is 5.75 Å². The number of hydrogen-bond donors (Lipinski definition) is 1. The highest BCUT2D eigenvalue weighted by atomic mass is 19.1. The van der Waals surface area contributed by atoms with E-state index in [-0.39, 0.29) is 11.3 Å². The van der Waals surface area contributed by atoms with Crippen molar-refractivity contribution >= 4 is 11.8 Å². The minimum Gasteiger partial charge on any atom is -0.484 e. The first kappa shape index (κ1) is 18.1. The molecule has 3 rings (SSSR count). The van der Waals surface area contributed by atoms with E-state index in [0.717, 1.165) is 0 Å². The Labute approximate surface area is 150 Å². The van der Waals surface area contributed by atoms with Crippen LogP contribution in [0.2, 0.25) is 0 Å². The Hall–Kier alpha value is -2.73. The van der Waals surface area contributed by atoms with Crippen molar-refractivity contribution in [1.29, 1.82) is 0 Å². The maximum atomic E-state index is 13.0. The zero-order valence-electron chi connectivity index (χ0n) is 14.8. The van der Waals surface area contributed by atoms with Gasteiger partial charge in [0.05, 0.1) is 11.6 Å². The molecule has 0 aromatic heterocycles. The average molecular weight is 357 g/mol. The molecule has 2 aromatic rings. The molecule has 0 bridgehead atoms. The molecule has 0 aliphatic carbocycles. The lowest BCUT2D eigenvalue weighted by Crippen LogP contribution is -2.53. The summed E-state index contributed by atoms with van der Waals surface area (Å²) in [6.45, 7) is 5.02. The van der Waals surface area contributed by atoms with Gasteiger partial charge in [-0.1, -0.05) is 0 Å². The van der Waals surface area contributed by atoms with Gasteiger partial charge in [0.25, 0.3) is 0 Å².